The van der Waals surface area contributed by atoms with Crippen molar-refractivity contribution in [3.8, 4) is 11.4 Å². The lowest BCUT2D eigenvalue weighted by Crippen LogP contribution is -2.20. The number of rotatable bonds is 4. The smallest absolute Gasteiger partial charge is 0.341 e. The molecule has 1 heterocycles. The molecule has 4 N–H and O–H groups in total. The maximum atomic E-state index is 14.5. The van der Waals surface area contributed by atoms with Crippen LogP contribution in [0.15, 0.2) is 29.2 Å². The Hall–Kier alpha value is -3.69. The fourth-order valence-corrected chi connectivity index (χ4v) is 2.94. The Labute approximate surface area is 155 Å². The Morgan fingerprint density at radius 1 is 1.18 bits per heavy atom. The number of aromatic nitrogens is 1. The molecule has 0 aliphatic carbocycles. The number of carboxylic acid groups (broad SMARTS) is 1. The second-order valence-electron chi connectivity index (χ2n) is 5.78. The first-order chi connectivity index (χ1) is 13.2. The topological polar surface area (TPSA) is 107 Å². The Kier molecular flexibility index (Phi) is 4.63. The molecule has 0 radical (unpaired) electrons. The van der Waals surface area contributed by atoms with Crippen LogP contribution in [0.4, 0.5) is 24.5 Å². The lowest BCUT2D eigenvalue weighted by atomic mass is 10.1. The summed E-state index contributed by atoms with van der Waals surface area (Å²) in [5.41, 5.74) is 2.77. The number of carbonyl (C=O) groups is 1. The number of aromatic carboxylic acids is 1. The summed E-state index contributed by atoms with van der Waals surface area (Å²) in [6.45, 7) is 0. The predicted octanol–water partition coefficient (Wildman–Crippen LogP) is 2.74. The first-order valence-electron chi connectivity index (χ1n) is 7.83. The second kappa shape index (κ2) is 6.80. The summed E-state index contributed by atoms with van der Waals surface area (Å²) in [6.07, 6.45) is 0.850. The SMILES string of the molecule is CNc1c(F)cc2c(=O)c(C(=O)O)cn(-c3cc(N)c(F)cc3F)c2c1OC. The molecule has 28 heavy (non-hydrogen) atoms. The molecule has 0 atom stereocenters. The van der Waals surface area contributed by atoms with Gasteiger partial charge in [-0.25, -0.2) is 18.0 Å². The highest BCUT2D eigenvalue weighted by Gasteiger charge is 2.24. The van der Waals surface area contributed by atoms with Gasteiger partial charge in [0.05, 0.1) is 23.9 Å². The quantitative estimate of drug-likeness (QED) is 0.589. The molecule has 0 amide bonds. The van der Waals surface area contributed by atoms with Crippen LogP contribution in [0.25, 0.3) is 16.6 Å². The first kappa shape index (κ1) is 19.1. The van der Waals surface area contributed by atoms with Crippen molar-refractivity contribution in [2.45, 2.75) is 0 Å². The Morgan fingerprint density at radius 2 is 1.86 bits per heavy atom. The van der Waals surface area contributed by atoms with Gasteiger partial charge in [0.25, 0.3) is 0 Å². The minimum absolute atomic E-state index is 0.117. The summed E-state index contributed by atoms with van der Waals surface area (Å²) in [5.74, 6) is -4.75. The number of methoxy groups -OCH3 is 1. The van der Waals surface area contributed by atoms with Crippen LogP contribution in [0.3, 0.4) is 0 Å². The lowest BCUT2D eigenvalue weighted by molar-refractivity contribution is 0.0695. The first-order valence-corrected chi connectivity index (χ1v) is 7.83. The third-order valence-electron chi connectivity index (χ3n) is 4.21. The van der Waals surface area contributed by atoms with Gasteiger partial charge in [-0.3, -0.25) is 4.79 Å². The summed E-state index contributed by atoms with van der Waals surface area (Å²) < 4.78 is 48.7. The van der Waals surface area contributed by atoms with E-state index >= 15 is 0 Å². The zero-order chi connectivity index (χ0) is 20.7. The molecule has 0 fully saturated rings. The summed E-state index contributed by atoms with van der Waals surface area (Å²) in [5, 5.41) is 11.5. The summed E-state index contributed by atoms with van der Waals surface area (Å²) in [4.78, 5) is 24.1. The van der Waals surface area contributed by atoms with Crippen LogP contribution < -0.4 is 21.2 Å². The van der Waals surface area contributed by atoms with Crippen molar-refractivity contribution in [3.05, 3.63) is 57.6 Å². The zero-order valence-corrected chi connectivity index (χ0v) is 14.6. The van der Waals surface area contributed by atoms with Crippen molar-refractivity contribution >= 4 is 28.2 Å². The third-order valence-corrected chi connectivity index (χ3v) is 4.21. The van der Waals surface area contributed by atoms with E-state index < -0.39 is 40.1 Å². The van der Waals surface area contributed by atoms with Crippen LogP contribution in [-0.2, 0) is 0 Å². The number of nitrogen functional groups attached to an aromatic ring is 1. The molecule has 0 aliphatic rings. The number of carboxylic acids is 1. The molecule has 0 bridgehead atoms. The molecule has 1 aromatic heterocycles. The molecule has 3 aromatic rings. The molecule has 2 aromatic carbocycles. The van der Waals surface area contributed by atoms with Crippen molar-refractivity contribution in [1.82, 2.24) is 4.57 Å². The molecule has 3 rings (SSSR count). The second-order valence-corrected chi connectivity index (χ2v) is 5.78. The van der Waals surface area contributed by atoms with Crippen LogP contribution in [0.2, 0.25) is 0 Å². The number of fused-ring (bicyclic) bond motifs is 1. The molecule has 0 aliphatic heterocycles. The maximum absolute atomic E-state index is 14.5. The summed E-state index contributed by atoms with van der Waals surface area (Å²) >= 11 is 0. The van der Waals surface area contributed by atoms with Crippen LogP contribution in [0.1, 0.15) is 10.4 Å². The Balaban J connectivity index is 2.62. The molecule has 146 valence electrons. The van der Waals surface area contributed by atoms with E-state index in [2.05, 4.69) is 5.32 Å². The Bertz CT molecular complexity index is 1190. The fourth-order valence-electron chi connectivity index (χ4n) is 2.94. The van der Waals surface area contributed by atoms with Crippen molar-refractivity contribution in [1.29, 1.82) is 0 Å². The molecule has 0 spiro atoms. The summed E-state index contributed by atoms with van der Waals surface area (Å²) in [7, 11) is 2.60. The third kappa shape index (κ3) is 2.79. The lowest BCUT2D eigenvalue weighted by Gasteiger charge is -2.19. The minimum atomic E-state index is -1.60. The maximum Gasteiger partial charge on any atom is 0.341 e. The van der Waals surface area contributed by atoms with E-state index in [9.17, 15) is 27.9 Å². The standard InChI is InChI=1S/C18H14F3N3O4/c1-23-14-11(21)3-7-15(17(14)28-2)24(6-8(16(7)25)18(26)27)13-5-12(22)9(19)4-10(13)20/h3-6,23H,22H2,1-2H3,(H,26,27). The highest BCUT2D eigenvalue weighted by Crippen LogP contribution is 2.37. The predicted molar refractivity (Wildman–Crippen MR) is 96.9 cm³/mol. The normalized spacial score (nSPS) is 10.9. The van der Waals surface area contributed by atoms with E-state index in [4.69, 9.17) is 10.5 Å². The van der Waals surface area contributed by atoms with Gasteiger partial charge in [0.15, 0.2) is 11.6 Å². The van der Waals surface area contributed by atoms with E-state index in [1.54, 1.807) is 0 Å². The number of hydrogen-bond acceptors (Lipinski definition) is 5. The zero-order valence-electron chi connectivity index (χ0n) is 14.6. The highest BCUT2D eigenvalue weighted by atomic mass is 19.1. The number of nitrogens with one attached hydrogen (secondary N) is 1. The van der Waals surface area contributed by atoms with Crippen LogP contribution in [0, 0.1) is 17.5 Å². The van der Waals surface area contributed by atoms with Gasteiger partial charge < -0.3 is 25.5 Å². The van der Waals surface area contributed by atoms with Crippen LogP contribution in [0.5, 0.6) is 5.75 Å². The number of pyridine rings is 1. The van der Waals surface area contributed by atoms with Crippen molar-refractivity contribution in [2.75, 3.05) is 25.2 Å². The van der Waals surface area contributed by atoms with Gasteiger partial charge in [-0.1, -0.05) is 0 Å². The van der Waals surface area contributed by atoms with E-state index in [1.165, 1.54) is 14.2 Å². The largest absolute Gasteiger partial charge is 0.492 e. The van der Waals surface area contributed by atoms with E-state index in [0.29, 0.717) is 6.07 Å². The fraction of sp³-hybridized carbons (Fsp3) is 0.111. The average Bonchev–Trinajstić information content (AvgIpc) is 2.64. The van der Waals surface area contributed by atoms with E-state index in [1.807, 2.05) is 0 Å². The number of nitrogens with zero attached hydrogens (tertiary/aromatic N) is 1. The number of nitrogens with two attached hydrogens (primary N) is 1. The van der Waals surface area contributed by atoms with E-state index in [-0.39, 0.29) is 28.0 Å². The molecular formula is C18H14F3N3O4. The molecule has 10 heteroatoms. The van der Waals surface area contributed by atoms with Gasteiger partial charge in [-0.15, -0.1) is 0 Å². The number of ether oxygens (including phenoxy) is 1. The number of benzene rings is 2. The Morgan fingerprint density at radius 3 is 2.43 bits per heavy atom. The van der Waals surface area contributed by atoms with Gasteiger partial charge in [-0.2, -0.15) is 0 Å². The van der Waals surface area contributed by atoms with Gasteiger partial charge in [0.2, 0.25) is 5.43 Å². The summed E-state index contributed by atoms with van der Waals surface area (Å²) in [6, 6.07) is 2.27. The molecule has 7 nitrogen and oxygen atoms in total. The van der Waals surface area contributed by atoms with Gasteiger partial charge in [-0.05, 0) is 12.1 Å². The van der Waals surface area contributed by atoms with E-state index in [0.717, 1.165) is 22.9 Å². The molecule has 0 unspecified atom stereocenters. The molecular weight excluding hydrogens is 379 g/mol. The van der Waals surface area contributed by atoms with Crippen molar-refractivity contribution in [3.63, 3.8) is 0 Å². The van der Waals surface area contributed by atoms with Gasteiger partial charge >= 0.3 is 5.97 Å². The van der Waals surface area contributed by atoms with Crippen molar-refractivity contribution < 1.29 is 27.8 Å². The monoisotopic (exact) mass is 393 g/mol. The van der Waals surface area contributed by atoms with Crippen LogP contribution >= 0.6 is 0 Å². The number of hydrogen-bond donors (Lipinski definition) is 3. The molecule has 0 saturated heterocycles. The van der Waals surface area contributed by atoms with Gasteiger partial charge in [0.1, 0.15) is 28.4 Å². The number of halogens is 3. The highest BCUT2D eigenvalue weighted by molar-refractivity contribution is 5.97. The van der Waals surface area contributed by atoms with Gasteiger partial charge in [0, 0.05) is 19.3 Å². The number of anilines is 2. The average molecular weight is 393 g/mol. The van der Waals surface area contributed by atoms with Crippen molar-refractivity contribution in [2.24, 2.45) is 0 Å². The van der Waals surface area contributed by atoms with Crippen LogP contribution in [-0.4, -0.2) is 29.8 Å². The molecule has 0 saturated carbocycles. The minimum Gasteiger partial charge on any atom is -0.492 e.